The molecule has 0 saturated heterocycles. The van der Waals surface area contributed by atoms with E-state index in [4.69, 9.17) is 0 Å². The predicted octanol–water partition coefficient (Wildman–Crippen LogP) is 0.915. The Morgan fingerprint density at radius 3 is 3.20 bits per heavy atom. The SMILES string of the molecule is COC(=O)/C=C/c1cnc2nccn2c1. The molecule has 2 heterocycles. The highest BCUT2D eigenvalue weighted by Crippen LogP contribution is 2.03. The molecule has 0 amide bonds. The lowest BCUT2D eigenvalue weighted by Gasteiger charge is -1.95. The van der Waals surface area contributed by atoms with E-state index >= 15 is 0 Å². The number of imidazole rings is 1. The van der Waals surface area contributed by atoms with E-state index in [1.165, 1.54) is 13.2 Å². The molecule has 0 fully saturated rings. The fraction of sp³-hybridized carbons (Fsp3) is 0.100. The first-order chi connectivity index (χ1) is 7.29. The van der Waals surface area contributed by atoms with Crippen LogP contribution in [0.15, 0.2) is 30.9 Å². The Morgan fingerprint density at radius 1 is 1.53 bits per heavy atom. The fourth-order valence-corrected chi connectivity index (χ4v) is 1.15. The van der Waals surface area contributed by atoms with Crippen molar-refractivity contribution < 1.29 is 9.53 Å². The number of rotatable bonds is 2. The molecule has 5 heteroatoms. The zero-order chi connectivity index (χ0) is 10.7. The first kappa shape index (κ1) is 9.39. The van der Waals surface area contributed by atoms with Gasteiger partial charge >= 0.3 is 5.97 Å². The van der Waals surface area contributed by atoms with Crippen LogP contribution in [0.4, 0.5) is 0 Å². The van der Waals surface area contributed by atoms with E-state index in [1.54, 1.807) is 29.1 Å². The number of aromatic nitrogens is 3. The number of methoxy groups -OCH3 is 1. The zero-order valence-electron chi connectivity index (χ0n) is 8.12. The molecule has 0 atom stereocenters. The zero-order valence-corrected chi connectivity index (χ0v) is 8.12. The molecule has 0 aliphatic heterocycles. The maximum absolute atomic E-state index is 10.9. The average Bonchev–Trinajstić information content (AvgIpc) is 2.72. The number of hydrogen-bond acceptors (Lipinski definition) is 4. The third-order valence-electron chi connectivity index (χ3n) is 1.88. The third-order valence-corrected chi connectivity index (χ3v) is 1.88. The summed E-state index contributed by atoms with van der Waals surface area (Å²) in [7, 11) is 1.34. The van der Waals surface area contributed by atoms with Gasteiger partial charge in [-0.15, -0.1) is 0 Å². The van der Waals surface area contributed by atoms with Gasteiger partial charge in [0.05, 0.1) is 7.11 Å². The maximum atomic E-state index is 10.9. The van der Waals surface area contributed by atoms with Crippen LogP contribution in [0.1, 0.15) is 5.56 Å². The topological polar surface area (TPSA) is 56.5 Å². The number of carbonyl (C=O) groups excluding carboxylic acids is 1. The van der Waals surface area contributed by atoms with Gasteiger partial charge in [0.15, 0.2) is 0 Å². The van der Waals surface area contributed by atoms with Crippen molar-refractivity contribution in [3.05, 3.63) is 36.4 Å². The highest BCUT2D eigenvalue weighted by Gasteiger charge is 1.96. The molecule has 2 rings (SSSR count). The van der Waals surface area contributed by atoms with Crippen LogP contribution in [0, 0.1) is 0 Å². The Hall–Kier alpha value is -2.17. The summed E-state index contributed by atoms with van der Waals surface area (Å²) in [5.41, 5.74) is 0.811. The third kappa shape index (κ3) is 2.01. The summed E-state index contributed by atoms with van der Waals surface area (Å²) >= 11 is 0. The molecular formula is C10H9N3O2. The van der Waals surface area contributed by atoms with Crippen LogP contribution in [0.2, 0.25) is 0 Å². The molecule has 2 aromatic heterocycles. The molecular weight excluding hydrogens is 194 g/mol. The Labute approximate surface area is 86.0 Å². The number of carbonyl (C=O) groups is 1. The second-order valence-electron chi connectivity index (χ2n) is 2.88. The molecule has 15 heavy (non-hydrogen) atoms. The summed E-state index contributed by atoms with van der Waals surface area (Å²) in [4.78, 5) is 19.0. The Bertz CT molecular complexity index is 516. The van der Waals surface area contributed by atoms with Gasteiger partial charge in [0, 0.05) is 36.4 Å². The van der Waals surface area contributed by atoms with Gasteiger partial charge in [0.1, 0.15) is 0 Å². The first-order valence-corrected chi connectivity index (χ1v) is 4.34. The molecule has 76 valence electrons. The van der Waals surface area contributed by atoms with Crippen molar-refractivity contribution in [3.63, 3.8) is 0 Å². The molecule has 5 nitrogen and oxygen atoms in total. The van der Waals surface area contributed by atoms with Crippen LogP contribution < -0.4 is 0 Å². The standard InChI is InChI=1S/C10H9N3O2/c1-15-9(14)3-2-8-6-12-10-11-4-5-13(10)7-8/h2-7H,1H3/b3-2+. The normalized spacial score (nSPS) is 11.0. The van der Waals surface area contributed by atoms with E-state index in [2.05, 4.69) is 14.7 Å². The molecule has 2 aromatic rings. The van der Waals surface area contributed by atoms with Crippen molar-refractivity contribution >= 4 is 17.8 Å². The second kappa shape index (κ2) is 3.91. The van der Waals surface area contributed by atoms with Gasteiger partial charge in [-0.3, -0.25) is 4.40 Å². The van der Waals surface area contributed by atoms with Gasteiger partial charge < -0.3 is 4.74 Å². The number of nitrogens with zero attached hydrogens (tertiary/aromatic N) is 3. The summed E-state index contributed by atoms with van der Waals surface area (Å²) in [6.45, 7) is 0. The molecule has 0 saturated carbocycles. The number of fused-ring (bicyclic) bond motifs is 1. The van der Waals surface area contributed by atoms with E-state index < -0.39 is 0 Å². The van der Waals surface area contributed by atoms with Crippen molar-refractivity contribution in [1.82, 2.24) is 14.4 Å². The Balaban J connectivity index is 2.28. The fourth-order valence-electron chi connectivity index (χ4n) is 1.15. The van der Waals surface area contributed by atoms with Gasteiger partial charge in [-0.1, -0.05) is 0 Å². The van der Waals surface area contributed by atoms with Crippen LogP contribution in [-0.4, -0.2) is 27.4 Å². The van der Waals surface area contributed by atoms with Crippen LogP contribution in [0.3, 0.4) is 0 Å². The van der Waals surface area contributed by atoms with Crippen molar-refractivity contribution in [1.29, 1.82) is 0 Å². The van der Waals surface area contributed by atoms with E-state index in [9.17, 15) is 4.79 Å². The number of hydrogen-bond donors (Lipinski definition) is 0. The molecule has 0 spiro atoms. The van der Waals surface area contributed by atoms with Gasteiger partial charge in [0.2, 0.25) is 5.78 Å². The molecule has 0 bridgehead atoms. The van der Waals surface area contributed by atoms with E-state index in [-0.39, 0.29) is 5.97 Å². The quantitative estimate of drug-likeness (QED) is 0.538. The maximum Gasteiger partial charge on any atom is 0.330 e. The molecule has 0 radical (unpaired) electrons. The molecule has 0 aliphatic carbocycles. The van der Waals surface area contributed by atoms with Crippen LogP contribution in [0.25, 0.3) is 11.9 Å². The lowest BCUT2D eigenvalue weighted by molar-refractivity contribution is -0.134. The van der Waals surface area contributed by atoms with Crippen LogP contribution in [-0.2, 0) is 9.53 Å². The summed E-state index contributed by atoms with van der Waals surface area (Å²) in [6, 6.07) is 0. The van der Waals surface area contributed by atoms with E-state index in [0.29, 0.717) is 5.78 Å². The first-order valence-electron chi connectivity index (χ1n) is 4.34. The van der Waals surface area contributed by atoms with E-state index in [0.717, 1.165) is 5.56 Å². The molecule has 0 aromatic carbocycles. The minimum atomic E-state index is -0.388. The lowest BCUT2D eigenvalue weighted by Crippen LogP contribution is -1.94. The minimum Gasteiger partial charge on any atom is -0.466 e. The summed E-state index contributed by atoms with van der Waals surface area (Å²) in [5.74, 6) is 0.242. The molecule has 0 aliphatic rings. The molecule has 0 N–H and O–H groups in total. The minimum absolute atomic E-state index is 0.388. The van der Waals surface area contributed by atoms with Gasteiger partial charge in [0.25, 0.3) is 0 Å². The highest BCUT2D eigenvalue weighted by atomic mass is 16.5. The second-order valence-corrected chi connectivity index (χ2v) is 2.88. The Morgan fingerprint density at radius 2 is 2.40 bits per heavy atom. The van der Waals surface area contributed by atoms with Crippen LogP contribution >= 0.6 is 0 Å². The van der Waals surface area contributed by atoms with Crippen LogP contribution in [0.5, 0.6) is 0 Å². The van der Waals surface area contributed by atoms with Crippen molar-refractivity contribution in [2.45, 2.75) is 0 Å². The summed E-state index contributed by atoms with van der Waals surface area (Å²) < 4.78 is 6.25. The number of ether oxygens (including phenoxy) is 1. The van der Waals surface area contributed by atoms with Gasteiger partial charge in [-0.05, 0) is 6.08 Å². The molecule has 0 unspecified atom stereocenters. The Kier molecular flexibility index (Phi) is 2.45. The average molecular weight is 203 g/mol. The highest BCUT2D eigenvalue weighted by molar-refractivity contribution is 5.86. The largest absolute Gasteiger partial charge is 0.466 e. The monoisotopic (exact) mass is 203 g/mol. The summed E-state index contributed by atoms with van der Waals surface area (Å²) in [5, 5.41) is 0. The lowest BCUT2D eigenvalue weighted by atomic mass is 10.3. The van der Waals surface area contributed by atoms with Crippen molar-refractivity contribution in [2.75, 3.05) is 7.11 Å². The predicted molar refractivity (Wildman–Crippen MR) is 54.0 cm³/mol. The van der Waals surface area contributed by atoms with Crippen molar-refractivity contribution in [2.24, 2.45) is 0 Å². The summed E-state index contributed by atoms with van der Waals surface area (Å²) in [6.07, 6.45) is 9.91. The van der Waals surface area contributed by atoms with E-state index in [1.807, 2.05) is 6.20 Å². The number of esters is 1. The van der Waals surface area contributed by atoms with Crippen molar-refractivity contribution in [3.8, 4) is 0 Å². The van der Waals surface area contributed by atoms with Gasteiger partial charge in [-0.2, -0.15) is 0 Å². The van der Waals surface area contributed by atoms with Gasteiger partial charge in [-0.25, -0.2) is 14.8 Å². The smallest absolute Gasteiger partial charge is 0.330 e.